The SMILES string of the molecule is Fc1c(F)c(F)c(/C=N/Nc2ccc3ccccc3n2)c(F)c1F. The van der Waals surface area contributed by atoms with Crippen LogP contribution in [-0.2, 0) is 0 Å². The second-order valence-electron chi connectivity index (χ2n) is 4.74. The van der Waals surface area contributed by atoms with E-state index < -0.39 is 34.6 Å². The molecule has 0 fully saturated rings. The van der Waals surface area contributed by atoms with Crippen LogP contribution in [-0.4, -0.2) is 11.2 Å². The number of anilines is 1. The third-order valence-corrected chi connectivity index (χ3v) is 3.21. The van der Waals surface area contributed by atoms with Gasteiger partial charge in [0.1, 0.15) is 5.82 Å². The lowest BCUT2D eigenvalue weighted by molar-refractivity contribution is 0.377. The minimum atomic E-state index is -2.22. The van der Waals surface area contributed by atoms with E-state index in [9.17, 15) is 22.0 Å². The smallest absolute Gasteiger partial charge is 0.200 e. The molecule has 8 heteroatoms. The van der Waals surface area contributed by atoms with Gasteiger partial charge in [0.15, 0.2) is 23.3 Å². The van der Waals surface area contributed by atoms with E-state index in [1.807, 2.05) is 12.1 Å². The number of hydrogen-bond donors (Lipinski definition) is 1. The standard InChI is InChI=1S/C16H8F5N3/c17-12-9(13(18)15(20)16(21)14(12)19)7-22-24-11-6-5-8-3-1-2-4-10(8)23-11/h1-7H,(H,23,24)/b22-7+. The summed E-state index contributed by atoms with van der Waals surface area (Å²) in [4.78, 5) is 4.18. The van der Waals surface area contributed by atoms with Gasteiger partial charge in [-0.1, -0.05) is 18.2 Å². The summed E-state index contributed by atoms with van der Waals surface area (Å²) in [5.74, 6) is -9.94. The van der Waals surface area contributed by atoms with Gasteiger partial charge >= 0.3 is 0 Å². The fourth-order valence-corrected chi connectivity index (χ4v) is 2.03. The summed E-state index contributed by atoms with van der Waals surface area (Å²) in [6, 6.07) is 10.5. The summed E-state index contributed by atoms with van der Waals surface area (Å²) < 4.78 is 66.0. The molecule has 2 aromatic carbocycles. The Bertz CT molecular complexity index is 927. The zero-order valence-corrected chi connectivity index (χ0v) is 11.8. The number of hydrogen-bond acceptors (Lipinski definition) is 3. The first kappa shape index (κ1) is 15.9. The quantitative estimate of drug-likeness (QED) is 0.253. The largest absolute Gasteiger partial charge is 0.261 e. The van der Waals surface area contributed by atoms with Crippen molar-refractivity contribution in [3.63, 3.8) is 0 Å². The summed E-state index contributed by atoms with van der Waals surface area (Å²) in [5.41, 5.74) is 1.89. The van der Waals surface area contributed by atoms with E-state index >= 15 is 0 Å². The Hall–Kier alpha value is -3.03. The molecule has 24 heavy (non-hydrogen) atoms. The highest BCUT2D eigenvalue weighted by Crippen LogP contribution is 2.21. The molecule has 0 aliphatic carbocycles. The molecule has 3 rings (SSSR count). The molecule has 3 nitrogen and oxygen atoms in total. The third-order valence-electron chi connectivity index (χ3n) is 3.21. The molecule has 1 aromatic heterocycles. The molecule has 122 valence electrons. The molecule has 3 aromatic rings. The van der Waals surface area contributed by atoms with Crippen LogP contribution in [0, 0.1) is 29.1 Å². The van der Waals surface area contributed by atoms with Crippen molar-refractivity contribution in [2.75, 3.05) is 5.43 Å². The topological polar surface area (TPSA) is 37.3 Å². The molecule has 0 saturated carbocycles. The second-order valence-corrected chi connectivity index (χ2v) is 4.74. The summed E-state index contributed by atoms with van der Waals surface area (Å²) in [7, 11) is 0. The Morgan fingerprint density at radius 1 is 0.792 bits per heavy atom. The summed E-state index contributed by atoms with van der Waals surface area (Å²) >= 11 is 0. The number of para-hydroxylation sites is 1. The van der Waals surface area contributed by atoms with Gasteiger partial charge in [-0.25, -0.2) is 26.9 Å². The molecule has 0 radical (unpaired) electrons. The van der Waals surface area contributed by atoms with E-state index in [2.05, 4.69) is 15.5 Å². The van der Waals surface area contributed by atoms with Crippen LogP contribution in [0.4, 0.5) is 27.8 Å². The average molecular weight is 337 g/mol. The maximum absolute atomic E-state index is 13.5. The van der Waals surface area contributed by atoms with Gasteiger partial charge in [0, 0.05) is 5.39 Å². The molecule has 0 unspecified atom stereocenters. The van der Waals surface area contributed by atoms with Crippen molar-refractivity contribution < 1.29 is 22.0 Å². The zero-order chi connectivity index (χ0) is 17.3. The molecule has 1 N–H and O–H groups in total. The number of fused-ring (bicyclic) bond motifs is 1. The normalized spacial score (nSPS) is 11.4. The number of aromatic nitrogens is 1. The van der Waals surface area contributed by atoms with Crippen molar-refractivity contribution in [3.05, 3.63) is 71.0 Å². The molecule has 0 aliphatic heterocycles. The van der Waals surface area contributed by atoms with Crippen molar-refractivity contribution in [3.8, 4) is 0 Å². The van der Waals surface area contributed by atoms with E-state index in [0.29, 0.717) is 11.7 Å². The number of nitrogens with one attached hydrogen (secondary N) is 1. The Labute approximate surface area is 132 Å². The highest BCUT2D eigenvalue weighted by molar-refractivity contribution is 5.82. The molecule has 0 saturated heterocycles. The van der Waals surface area contributed by atoms with Crippen LogP contribution in [0.5, 0.6) is 0 Å². The minimum Gasteiger partial charge on any atom is -0.261 e. The molecule has 0 bridgehead atoms. The molecule has 0 amide bonds. The molecule has 0 aliphatic rings. The molecular weight excluding hydrogens is 329 g/mol. The van der Waals surface area contributed by atoms with Gasteiger partial charge in [-0.15, -0.1) is 0 Å². The molecule has 0 atom stereocenters. The van der Waals surface area contributed by atoms with Crippen molar-refractivity contribution in [2.45, 2.75) is 0 Å². The minimum absolute atomic E-state index is 0.244. The van der Waals surface area contributed by atoms with Gasteiger partial charge < -0.3 is 0 Å². The van der Waals surface area contributed by atoms with E-state index in [0.717, 1.165) is 5.39 Å². The van der Waals surface area contributed by atoms with Crippen LogP contribution in [0.1, 0.15) is 5.56 Å². The Morgan fingerprint density at radius 2 is 1.42 bits per heavy atom. The maximum atomic E-state index is 13.5. The summed E-state index contributed by atoms with van der Waals surface area (Å²) in [5, 5.41) is 4.35. The summed E-state index contributed by atoms with van der Waals surface area (Å²) in [6.45, 7) is 0. The number of halogens is 5. The van der Waals surface area contributed by atoms with Gasteiger partial charge in [-0.3, -0.25) is 5.43 Å². The molecule has 0 spiro atoms. The fraction of sp³-hybridized carbons (Fsp3) is 0. The van der Waals surface area contributed by atoms with E-state index in [1.54, 1.807) is 24.3 Å². The number of nitrogens with zero attached hydrogens (tertiary/aromatic N) is 2. The lowest BCUT2D eigenvalue weighted by atomic mass is 10.2. The highest BCUT2D eigenvalue weighted by atomic mass is 19.2. The van der Waals surface area contributed by atoms with Crippen LogP contribution in [0.2, 0.25) is 0 Å². The Morgan fingerprint density at radius 3 is 2.12 bits per heavy atom. The van der Waals surface area contributed by atoms with Crippen LogP contribution >= 0.6 is 0 Å². The van der Waals surface area contributed by atoms with Crippen molar-refractivity contribution >= 4 is 22.9 Å². The summed E-state index contributed by atoms with van der Waals surface area (Å²) in [6.07, 6.45) is 0.507. The predicted octanol–water partition coefficient (Wildman–Crippen LogP) is 4.38. The number of pyridine rings is 1. The van der Waals surface area contributed by atoms with Crippen LogP contribution in [0.3, 0.4) is 0 Å². The number of benzene rings is 2. The Balaban J connectivity index is 1.88. The first-order valence-corrected chi connectivity index (χ1v) is 6.65. The molecule has 1 heterocycles. The van der Waals surface area contributed by atoms with Gasteiger partial charge in [-0.05, 0) is 18.2 Å². The van der Waals surface area contributed by atoms with E-state index in [-0.39, 0.29) is 5.82 Å². The lowest BCUT2D eigenvalue weighted by Crippen LogP contribution is -2.07. The second kappa shape index (κ2) is 6.23. The van der Waals surface area contributed by atoms with Gasteiger partial charge in [0.05, 0.1) is 17.3 Å². The first-order valence-electron chi connectivity index (χ1n) is 6.65. The van der Waals surface area contributed by atoms with E-state index in [1.165, 1.54) is 0 Å². The average Bonchev–Trinajstić information content (AvgIpc) is 2.61. The predicted molar refractivity (Wildman–Crippen MR) is 79.2 cm³/mol. The van der Waals surface area contributed by atoms with E-state index in [4.69, 9.17) is 0 Å². The first-order chi connectivity index (χ1) is 11.5. The van der Waals surface area contributed by atoms with Gasteiger partial charge in [0.25, 0.3) is 0 Å². The number of hydrazone groups is 1. The lowest BCUT2D eigenvalue weighted by Gasteiger charge is -2.04. The zero-order valence-electron chi connectivity index (χ0n) is 11.8. The van der Waals surface area contributed by atoms with Gasteiger partial charge in [-0.2, -0.15) is 5.10 Å². The van der Waals surface area contributed by atoms with Gasteiger partial charge in [0.2, 0.25) is 5.82 Å². The van der Waals surface area contributed by atoms with Crippen molar-refractivity contribution in [2.24, 2.45) is 5.10 Å². The fourth-order valence-electron chi connectivity index (χ4n) is 2.03. The monoisotopic (exact) mass is 337 g/mol. The van der Waals surface area contributed by atoms with Crippen molar-refractivity contribution in [1.82, 2.24) is 4.98 Å². The maximum Gasteiger partial charge on any atom is 0.200 e. The van der Waals surface area contributed by atoms with Crippen LogP contribution < -0.4 is 5.43 Å². The molecular formula is C16H8F5N3. The Kier molecular flexibility index (Phi) is 4.11. The van der Waals surface area contributed by atoms with Crippen LogP contribution in [0.15, 0.2) is 41.5 Å². The van der Waals surface area contributed by atoms with Crippen LogP contribution in [0.25, 0.3) is 10.9 Å². The van der Waals surface area contributed by atoms with Crippen molar-refractivity contribution in [1.29, 1.82) is 0 Å². The highest BCUT2D eigenvalue weighted by Gasteiger charge is 2.24. The third kappa shape index (κ3) is 2.78. The number of rotatable bonds is 3.